The third-order valence-corrected chi connectivity index (χ3v) is 4.56. The van der Waals surface area contributed by atoms with Gasteiger partial charge in [-0.05, 0) is 36.2 Å². The number of carbonyl (C=O) groups is 1. The van der Waals surface area contributed by atoms with Crippen LogP contribution in [0.3, 0.4) is 0 Å². The highest BCUT2D eigenvalue weighted by molar-refractivity contribution is 6.18. The van der Waals surface area contributed by atoms with E-state index in [0.717, 1.165) is 10.9 Å². The largest absolute Gasteiger partial charge is 0.508 e. The summed E-state index contributed by atoms with van der Waals surface area (Å²) < 4.78 is 16.2. The van der Waals surface area contributed by atoms with Crippen molar-refractivity contribution >= 4 is 34.2 Å². The van der Waals surface area contributed by atoms with Crippen molar-refractivity contribution in [3.8, 4) is 23.0 Å². The van der Waals surface area contributed by atoms with Gasteiger partial charge < -0.3 is 29.6 Å². The maximum absolute atomic E-state index is 12.8. The third kappa shape index (κ3) is 3.66. The summed E-state index contributed by atoms with van der Waals surface area (Å²) in [5, 5.41) is 13.3. The number of amides is 1. The van der Waals surface area contributed by atoms with Crippen LogP contribution in [0.5, 0.6) is 23.0 Å². The number of hydrogen-bond acceptors (Lipinski definition) is 5. The van der Waals surface area contributed by atoms with Crippen LogP contribution in [0.1, 0.15) is 15.9 Å². The summed E-state index contributed by atoms with van der Waals surface area (Å²) >= 11 is 5.82. The lowest BCUT2D eigenvalue weighted by Crippen LogP contribution is -2.14. The Kier molecular flexibility index (Phi) is 5.84. The van der Waals surface area contributed by atoms with Gasteiger partial charge >= 0.3 is 0 Å². The number of phenolic OH excluding ortho intramolecular Hbond substituents is 1. The van der Waals surface area contributed by atoms with Crippen molar-refractivity contribution in [3.63, 3.8) is 0 Å². The number of aromatic amines is 1. The molecule has 0 saturated heterocycles. The number of carbonyl (C=O) groups excluding carboxylic acids is 1. The fourth-order valence-corrected chi connectivity index (χ4v) is 3.30. The Morgan fingerprint density at radius 3 is 2.50 bits per heavy atom. The van der Waals surface area contributed by atoms with Gasteiger partial charge in [0.2, 0.25) is 5.75 Å². The van der Waals surface area contributed by atoms with E-state index in [9.17, 15) is 9.90 Å². The molecule has 0 fully saturated rings. The third-order valence-electron chi connectivity index (χ3n) is 4.37. The topological polar surface area (TPSA) is 92.8 Å². The number of aromatic hydroxyl groups is 1. The zero-order chi connectivity index (χ0) is 20.3. The number of aromatic nitrogens is 1. The maximum Gasteiger partial charge on any atom is 0.257 e. The smallest absolute Gasteiger partial charge is 0.257 e. The number of nitrogens with one attached hydrogen (secondary N) is 2. The zero-order valence-corrected chi connectivity index (χ0v) is 16.5. The van der Waals surface area contributed by atoms with Crippen molar-refractivity contribution in [2.45, 2.75) is 6.42 Å². The Morgan fingerprint density at radius 1 is 1.11 bits per heavy atom. The lowest BCUT2D eigenvalue weighted by Gasteiger charge is -2.12. The fourth-order valence-electron chi connectivity index (χ4n) is 3.10. The summed E-state index contributed by atoms with van der Waals surface area (Å²) in [7, 11) is 4.60. The van der Waals surface area contributed by atoms with E-state index < -0.39 is 0 Å². The van der Waals surface area contributed by atoms with Gasteiger partial charge in [0.15, 0.2) is 11.5 Å². The molecule has 0 unspecified atom stereocenters. The summed E-state index contributed by atoms with van der Waals surface area (Å²) in [5.74, 6) is 1.92. The molecule has 1 heterocycles. The summed E-state index contributed by atoms with van der Waals surface area (Å²) in [5.41, 5.74) is 1.77. The lowest BCUT2D eigenvalue weighted by atomic mass is 10.0. The maximum atomic E-state index is 12.8. The van der Waals surface area contributed by atoms with Gasteiger partial charge in [0, 0.05) is 16.8 Å². The van der Waals surface area contributed by atoms with Crippen LogP contribution in [0.2, 0.25) is 0 Å². The highest BCUT2D eigenvalue weighted by Crippen LogP contribution is 2.43. The van der Waals surface area contributed by atoms with E-state index in [1.54, 1.807) is 25.3 Å². The molecule has 0 atom stereocenters. The standard InChI is InChI=1S/C20H21ClN2O5/c1-26-15-8-12-9-16(22-17(12)19(28-3)18(15)27-2)23-20(25)14-10-13(24)5-4-11(14)6-7-21/h4-5,8-10,22,24H,6-7H2,1-3H3,(H,23,25). The zero-order valence-electron chi connectivity index (χ0n) is 15.8. The van der Waals surface area contributed by atoms with Crippen molar-refractivity contribution in [1.82, 2.24) is 4.98 Å². The number of halogens is 1. The van der Waals surface area contributed by atoms with Crippen molar-refractivity contribution in [3.05, 3.63) is 41.5 Å². The van der Waals surface area contributed by atoms with Crippen LogP contribution in [0.25, 0.3) is 10.9 Å². The van der Waals surface area contributed by atoms with Crippen LogP contribution in [-0.4, -0.2) is 43.2 Å². The van der Waals surface area contributed by atoms with Gasteiger partial charge in [-0.25, -0.2) is 0 Å². The highest BCUT2D eigenvalue weighted by atomic mass is 35.5. The number of hydrogen-bond donors (Lipinski definition) is 3. The summed E-state index contributed by atoms with van der Waals surface area (Å²) in [6, 6.07) is 8.20. The number of rotatable bonds is 7. The van der Waals surface area contributed by atoms with Crippen LogP contribution < -0.4 is 19.5 Å². The molecule has 0 aliphatic carbocycles. The highest BCUT2D eigenvalue weighted by Gasteiger charge is 2.19. The van der Waals surface area contributed by atoms with Gasteiger partial charge in [-0.1, -0.05) is 6.07 Å². The van der Waals surface area contributed by atoms with E-state index in [2.05, 4.69) is 10.3 Å². The van der Waals surface area contributed by atoms with Crippen LogP contribution in [0.4, 0.5) is 5.82 Å². The molecule has 0 radical (unpaired) electrons. The van der Waals surface area contributed by atoms with Gasteiger partial charge in [0.1, 0.15) is 11.6 Å². The minimum Gasteiger partial charge on any atom is -0.508 e. The van der Waals surface area contributed by atoms with Crippen LogP contribution in [-0.2, 0) is 6.42 Å². The first-order valence-corrected chi connectivity index (χ1v) is 9.06. The number of benzene rings is 2. The van der Waals surface area contributed by atoms with Crippen molar-refractivity contribution < 1.29 is 24.1 Å². The molecule has 0 aliphatic heterocycles. The van der Waals surface area contributed by atoms with Gasteiger partial charge in [-0.2, -0.15) is 0 Å². The van der Waals surface area contributed by atoms with Gasteiger partial charge in [-0.15, -0.1) is 11.6 Å². The van der Waals surface area contributed by atoms with Crippen LogP contribution in [0, 0.1) is 0 Å². The molecule has 1 aromatic heterocycles. The predicted molar refractivity (Wildman–Crippen MR) is 108 cm³/mol. The molecule has 3 aromatic rings. The van der Waals surface area contributed by atoms with Gasteiger partial charge in [0.25, 0.3) is 5.91 Å². The second-order valence-electron chi connectivity index (χ2n) is 6.03. The van der Waals surface area contributed by atoms with E-state index >= 15 is 0 Å². The summed E-state index contributed by atoms with van der Waals surface area (Å²) in [6.45, 7) is 0. The normalized spacial score (nSPS) is 10.7. The SMILES string of the molecule is COc1cc2cc(NC(=O)c3cc(O)ccc3CCCl)[nH]c2c(OC)c1OC. The lowest BCUT2D eigenvalue weighted by molar-refractivity contribution is 0.102. The molecule has 0 saturated carbocycles. The van der Waals surface area contributed by atoms with E-state index in [1.165, 1.54) is 26.4 Å². The molecule has 3 N–H and O–H groups in total. The molecule has 28 heavy (non-hydrogen) atoms. The van der Waals surface area contributed by atoms with E-state index in [-0.39, 0.29) is 11.7 Å². The Labute approximate surface area is 167 Å². The minimum atomic E-state index is -0.361. The number of ether oxygens (including phenoxy) is 3. The number of phenols is 1. The number of aryl methyl sites for hydroxylation is 1. The number of fused-ring (bicyclic) bond motifs is 1. The fraction of sp³-hybridized carbons (Fsp3) is 0.250. The van der Waals surface area contributed by atoms with Gasteiger partial charge in [0.05, 0.1) is 26.8 Å². The van der Waals surface area contributed by atoms with Crippen molar-refractivity contribution in [2.75, 3.05) is 32.5 Å². The first kappa shape index (κ1) is 19.7. The average Bonchev–Trinajstić information content (AvgIpc) is 3.09. The van der Waals surface area contributed by atoms with Crippen LogP contribution >= 0.6 is 11.6 Å². The Bertz CT molecular complexity index is 1020. The summed E-state index contributed by atoms with van der Waals surface area (Å²) in [6.07, 6.45) is 0.513. The molecule has 7 nitrogen and oxygen atoms in total. The number of alkyl halides is 1. The molecule has 8 heteroatoms. The second kappa shape index (κ2) is 8.31. The summed E-state index contributed by atoms with van der Waals surface area (Å²) in [4.78, 5) is 15.9. The monoisotopic (exact) mass is 404 g/mol. The average molecular weight is 405 g/mol. The molecular weight excluding hydrogens is 384 g/mol. The first-order valence-electron chi connectivity index (χ1n) is 8.53. The molecule has 0 aliphatic rings. The van der Waals surface area contributed by atoms with Crippen molar-refractivity contribution in [1.29, 1.82) is 0 Å². The Balaban J connectivity index is 1.99. The second-order valence-corrected chi connectivity index (χ2v) is 6.41. The Hall–Kier alpha value is -3.06. The van der Waals surface area contributed by atoms with E-state index in [4.69, 9.17) is 25.8 Å². The van der Waals surface area contributed by atoms with Crippen molar-refractivity contribution in [2.24, 2.45) is 0 Å². The molecule has 3 rings (SSSR count). The minimum absolute atomic E-state index is 0.0104. The van der Waals surface area contributed by atoms with E-state index in [1.807, 2.05) is 0 Å². The van der Waals surface area contributed by atoms with E-state index in [0.29, 0.717) is 46.4 Å². The number of methoxy groups -OCH3 is 3. The molecule has 0 bridgehead atoms. The van der Waals surface area contributed by atoms with Gasteiger partial charge in [-0.3, -0.25) is 4.79 Å². The predicted octanol–water partition coefficient (Wildman–Crippen LogP) is 3.93. The molecule has 1 amide bonds. The molecule has 148 valence electrons. The quantitative estimate of drug-likeness (QED) is 0.519. The molecule has 0 spiro atoms. The van der Waals surface area contributed by atoms with Crippen LogP contribution in [0.15, 0.2) is 30.3 Å². The molecule has 2 aromatic carbocycles. The number of anilines is 1. The Morgan fingerprint density at radius 2 is 1.86 bits per heavy atom. The first-order chi connectivity index (χ1) is 13.5. The molecular formula is C20H21ClN2O5. The number of H-pyrrole nitrogens is 1.